The third kappa shape index (κ3) is 1.91. The van der Waals surface area contributed by atoms with Gasteiger partial charge in [0.2, 0.25) is 0 Å². The Morgan fingerprint density at radius 1 is 1.33 bits per heavy atom. The van der Waals surface area contributed by atoms with Gasteiger partial charge in [0, 0.05) is 16.5 Å². The Bertz CT molecular complexity index is 545. The molecule has 2 nitrogen and oxygen atoms in total. The monoisotopic (exact) mass is 205 g/mol. The van der Waals surface area contributed by atoms with Crippen LogP contribution in [0.15, 0.2) is 29.1 Å². The van der Waals surface area contributed by atoms with Crippen molar-refractivity contribution >= 4 is 10.9 Å². The minimum absolute atomic E-state index is 0.0732. The predicted molar refractivity (Wildman–Crippen MR) is 58.5 cm³/mol. The standard InChI is InChI=1S/C12H12FNO/c1-2-3-8-6-9-7-10(13)4-5-11(9)14-12(8)15/h4-7H,2-3H2,1H3,(H,14,15). The van der Waals surface area contributed by atoms with Gasteiger partial charge < -0.3 is 4.98 Å². The molecule has 0 aliphatic carbocycles. The molecule has 0 saturated carbocycles. The molecule has 0 aliphatic rings. The predicted octanol–water partition coefficient (Wildman–Crippen LogP) is 2.62. The van der Waals surface area contributed by atoms with E-state index in [1.54, 1.807) is 12.1 Å². The van der Waals surface area contributed by atoms with Crippen LogP contribution in [0.5, 0.6) is 0 Å². The van der Waals surface area contributed by atoms with Gasteiger partial charge in [-0.25, -0.2) is 4.39 Å². The highest BCUT2D eigenvalue weighted by molar-refractivity contribution is 5.78. The molecule has 0 bridgehead atoms. The molecule has 0 radical (unpaired) electrons. The number of H-pyrrole nitrogens is 1. The zero-order valence-corrected chi connectivity index (χ0v) is 8.51. The van der Waals surface area contributed by atoms with Crippen molar-refractivity contribution in [2.24, 2.45) is 0 Å². The molecule has 0 atom stereocenters. The Labute approximate surface area is 86.8 Å². The van der Waals surface area contributed by atoms with Gasteiger partial charge in [0.1, 0.15) is 5.82 Å². The lowest BCUT2D eigenvalue weighted by Gasteiger charge is -2.01. The third-order valence-corrected chi connectivity index (χ3v) is 2.40. The highest BCUT2D eigenvalue weighted by Crippen LogP contribution is 2.13. The van der Waals surface area contributed by atoms with Crippen LogP contribution < -0.4 is 5.56 Å². The number of pyridine rings is 1. The lowest BCUT2D eigenvalue weighted by molar-refractivity contribution is 0.629. The van der Waals surface area contributed by atoms with Crippen LogP contribution in [-0.4, -0.2) is 4.98 Å². The van der Waals surface area contributed by atoms with Crippen molar-refractivity contribution in [1.82, 2.24) is 4.98 Å². The second-order valence-corrected chi connectivity index (χ2v) is 3.61. The molecule has 2 aromatic rings. The van der Waals surface area contributed by atoms with Crippen LogP contribution in [0.3, 0.4) is 0 Å². The smallest absolute Gasteiger partial charge is 0.251 e. The summed E-state index contributed by atoms with van der Waals surface area (Å²) in [5, 5.41) is 0.748. The maximum absolute atomic E-state index is 13.0. The minimum Gasteiger partial charge on any atom is -0.322 e. The number of hydrogen-bond acceptors (Lipinski definition) is 1. The number of rotatable bonds is 2. The fraction of sp³-hybridized carbons (Fsp3) is 0.250. The van der Waals surface area contributed by atoms with E-state index in [0.717, 1.165) is 23.8 Å². The molecule has 0 spiro atoms. The zero-order chi connectivity index (χ0) is 10.8. The summed E-state index contributed by atoms with van der Waals surface area (Å²) in [5.41, 5.74) is 1.33. The fourth-order valence-corrected chi connectivity index (χ4v) is 1.68. The van der Waals surface area contributed by atoms with E-state index < -0.39 is 0 Å². The maximum atomic E-state index is 13.0. The topological polar surface area (TPSA) is 32.9 Å². The van der Waals surface area contributed by atoms with Crippen molar-refractivity contribution in [1.29, 1.82) is 0 Å². The van der Waals surface area contributed by atoms with Gasteiger partial charge in [0.15, 0.2) is 0 Å². The van der Waals surface area contributed by atoms with Gasteiger partial charge in [-0.3, -0.25) is 4.79 Å². The van der Waals surface area contributed by atoms with Gasteiger partial charge >= 0.3 is 0 Å². The van der Waals surface area contributed by atoms with Crippen LogP contribution in [0.2, 0.25) is 0 Å². The summed E-state index contributed by atoms with van der Waals surface area (Å²) in [4.78, 5) is 14.3. The average molecular weight is 205 g/mol. The van der Waals surface area contributed by atoms with E-state index in [4.69, 9.17) is 0 Å². The van der Waals surface area contributed by atoms with Gasteiger partial charge in [0.05, 0.1) is 0 Å². The number of aryl methyl sites for hydroxylation is 1. The number of nitrogens with one attached hydrogen (secondary N) is 1. The van der Waals surface area contributed by atoms with E-state index in [-0.39, 0.29) is 11.4 Å². The highest BCUT2D eigenvalue weighted by atomic mass is 19.1. The maximum Gasteiger partial charge on any atom is 0.251 e. The van der Waals surface area contributed by atoms with Crippen LogP contribution in [0.4, 0.5) is 4.39 Å². The van der Waals surface area contributed by atoms with Gasteiger partial charge in [-0.15, -0.1) is 0 Å². The Morgan fingerprint density at radius 3 is 2.87 bits per heavy atom. The summed E-state index contributed by atoms with van der Waals surface area (Å²) >= 11 is 0. The van der Waals surface area contributed by atoms with Crippen molar-refractivity contribution < 1.29 is 4.39 Å². The van der Waals surface area contributed by atoms with Crippen LogP contribution >= 0.6 is 0 Å². The quantitative estimate of drug-likeness (QED) is 0.803. The molecule has 0 aliphatic heterocycles. The first-order chi connectivity index (χ1) is 7.20. The molecule has 1 heterocycles. The summed E-state index contributed by atoms with van der Waals surface area (Å²) < 4.78 is 13.0. The number of halogens is 1. The second kappa shape index (κ2) is 3.85. The van der Waals surface area contributed by atoms with Gasteiger partial charge in [0.25, 0.3) is 5.56 Å². The molecule has 15 heavy (non-hydrogen) atoms. The molecule has 1 N–H and O–H groups in total. The highest BCUT2D eigenvalue weighted by Gasteiger charge is 2.02. The third-order valence-electron chi connectivity index (χ3n) is 2.40. The van der Waals surface area contributed by atoms with E-state index in [9.17, 15) is 9.18 Å². The van der Waals surface area contributed by atoms with Gasteiger partial charge in [-0.05, 0) is 30.7 Å². The molecule has 0 unspecified atom stereocenters. The van der Waals surface area contributed by atoms with Crippen molar-refractivity contribution in [3.05, 3.63) is 46.0 Å². The average Bonchev–Trinajstić information content (AvgIpc) is 2.20. The number of aromatic amines is 1. The fourth-order valence-electron chi connectivity index (χ4n) is 1.68. The summed E-state index contributed by atoms with van der Waals surface area (Å²) in [5.74, 6) is -0.281. The summed E-state index contributed by atoms with van der Waals surface area (Å²) in [6.45, 7) is 2.01. The number of benzene rings is 1. The van der Waals surface area contributed by atoms with Crippen molar-refractivity contribution in [3.63, 3.8) is 0 Å². The van der Waals surface area contributed by atoms with Crippen molar-refractivity contribution in [3.8, 4) is 0 Å². The Kier molecular flexibility index (Phi) is 2.54. The van der Waals surface area contributed by atoms with Gasteiger partial charge in [-0.1, -0.05) is 13.3 Å². The second-order valence-electron chi connectivity index (χ2n) is 3.61. The van der Waals surface area contributed by atoms with Crippen LogP contribution in [-0.2, 0) is 6.42 Å². The number of hydrogen-bond donors (Lipinski definition) is 1. The molecular weight excluding hydrogens is 193 g/mol. The van der Waals surface area contributed by atoms with Crippen LogP contribution in [0.1, 0.15) is 18.9 Å². The molecule has 78 valence electrons. The summed E-state index contributed by atoms with van der Waals surface area (Å²) in [7, 11) is 0. The van der Waals surface area contributed by atoms with E-state index in [1.165, 1.54) is 12.1 Å². The first-order valence-corrected chi connectivity index (χ1v) is 5.02. The Hall–Kier alpha value is -1.64. The van der Waals surface area contributed by atoms with E-state index in [2.05, 4.69) is 4.98 Å². The number of fused-ring (bicyclic) bond motifs is 1. The number of aromatic nitrogens is 1. The van der Waals surface area contributed by atoms with Gasteiger partial charge in [-0.2, -0.15) is 0 Å². The van der Waals surface area contributed by atoms with Crippen LogP contribution in [0, 0.1) is 5.82 Å². The minimum atomic E-state index is -0.281. The first kappa shape index (κ1) is 9.90. The van der Waals surface area contributed by atoms with E-state index in [1.807, 2.05) is 6.92 Å². The lowest BCUT2D eigenvalue weighted by atomic mass is 10.1. The van der Waals surface area contributed by atoms with Crippen LogP contribution in [0.25, 0.3) is 10.9 Å². The molecule has 0 fully saturated rings. The normalized spacial score (nSPS) is 10.8. The Balaban J connectivity index is 2.66. The van der Waals surface area contributed by atoms with Crippen molar-refractivity contribution in [2.45, 2.75) is 19.8 Å². The van der Waals surface area contributed by atoms with Crippen molar-refractivity contribution in [2.75, 3.05) is 0 Å². The first-order valence-electron chi connectivity index (χ1n) is 5.02. The molecule has 0 amide bonds. The molecule has 1 aromatic heterocycles. The largest absolute Gasteiger partial charge is 0.322 e. The molecular formula is C12H12FNO. The van der Waals surface area contributed by atoms with E-state index in [0.29, 0.717) is 5.52 Å². The zero-order valence-electron chi connectivity index (χ0n) is 8.51. The summed E-state index contributed by atoms with van der Waals surface area (Å²) in [6, 6.07) is 6.13. The molecule has 2 rings (SSSR count). The molecule has 1 aromatic carbocycles. The summed E-state index contributed by atoms with van der Waals surface area (Å²) in [6.07, 6.45) is 1.63. The SMILES string of the molecule is CCCc1cc2cc(F)ccc2[nH]c1=O. The Morgan fingerprint density at radius 2 is 2.13 bits per heavy atom. The van der Waals surface area contributed by atoms with E-state index >= 15 is 0 Å². The molecule has 0 saturated heterocycles. The lowest BCUT2D eigenvalue weighted by Crippen LogP contribution is -2.11. The molecule has 3 heteroatoms.